The third-order valence-electron chi connectivity index (χ3n) is 6.91. The number of fused-ring (bicyclic) bond motifs is 1. The topological polar surface area (TPSA) is 49.8 Å². The van der Waals surface area contributed by atoms with Crippen molar-refractivity contribution in [1.82, 2.24) is 4.90 Å². The van der Waals surface area contributed by atoms with Gasteiger partial charge in [0.25, 0.3) is 0 Å². The lowest BCUT2D eigenvalue weighted by atomic mass is 9.84. The highest BCUT2D eigenvalue weighted by molar-refractivity contribution is 5.84. The van der Waals surface area contributed by atoms with Crippen molar-refractivity contribution < 1.29 is 23.4 Å². The third-order valence-corrected chi connectivity index (χ3v) is 6.91. The monoisotopic (exact) mass is 431 g/mol. The average molecular weight is 432 g/mol. The molecule has 2 aromatic rings. The number of halogens is 2. The number of piperidine rings is 1. The van der Waals surface area contributed by atoms with Crippen LogP contribution in [-0.4, -0.2) is 41.1 Å². The summed E-state index contributed by atoms with van der Waals surface area (Å²) in [7, 11) is 0. The first-order valence-electron chi connectivity index (χ1n) is 11.3. The number of hydrogen-bond acceptors (Lipinski definition) is 3. The third kappa shape index (κ3) is 5.53. The van der Waals surface area contributed by atoms with Crippen LogP contribution >= 0.6 is 0 Å². The first kappa shape index (κ1) is 22.0. The van der Waals surface area contributed by atoms with Gasteiger partial charge in [-0.25, -0.2) is 8.78 Å². The van der Waals surface area contributed by atoms with Crippen molar-refractivity contribution in [3.05, 3.63) is 42.0 Å². The van der Waals surface area contributed by atoms with E-state index in [-0.39, 0.29) is 12.0 Å². The van der Waals surface area contributed by atoms with Crippen LogP contribution in [0.25, 0.3) is 10.8 Å². The molecule has 2 aliphatic rings. The molecule has 1 saturated carbocycles. The molecule has 4 rings (SSSR count). The molecule has 1 saturated heterocycles. The van der Waals surface area contributed by atoms with Crippen LogP contribution in [0.5, 0.6) is 5.75 Å². The largest absolute Gasteiger partial charge is 0.490 e. The molecule has 0 bridgehead atoms. The number of aliphatic carboxylic acids is 1. The summed E-state index contributed by atoms with van der Waals surface area (Å²) in [4.78, 5) is 13.4. The van der Waals surface area contributed by atoms with Crippen LogP contribution in [0, 0.1) is 11.8 Å². The van der Waals surface area contributed by atoms with Gasteiger partial charge in [-0.2, -0.15) is 0 Å². The molecule has 0 amide bonds. The van der Waals surface area contributed by atoms with Gasteiger partial charge in [-0.1, -0.05) is 18.2 Å². The maximum atomic E-state index is 13.5. The SMILES string of the molecule is CC(F)(F)C1CCC(Oc2ccc3cc(CN4CCC(C(=O)O)CC4)ccc3c2)CC1. The Morgan fingerprint density at radius 2 is 1.68 bits per heavy atom. The fraction of sp³-hybridized carbons (Fsp3) is 0.560. The summed E-state index contributed by atoms with van der Waals surface area (Å²) in [6.45, 7) is 3.47. The van der Waals surface area contributed by atoms with E-state index >= 15 is 0 Å². The summed E-state index contributed by atoms with van der Waals surface area (Å²) < 4.78 is 33.1. The highest BCUT2D eigenvalue weighted by Crippen LogP contribution is 2.37. The van der Waals surface area contributed by atoms with Crippen molar-refractivity contribution in [2.45, 2.75) is 64.0 Å². The zero-order valence-electron chi connectivity index (χ0n) is 18.0. The minimum Gasteiger partial charge on any atom is -0.490 e. The Labute approximate surface area is 182 Å². The summed E-state index contributed by atoms with van der Waals surface area (Å²) in [5.41, 5.74) is 1.22. The molecule has 31 heavy (non-hydrogen) atoms. The van der Waals surface area contributed by atoms with Crippen molar-refractivity contribution in [2.75, 3.05) is 13.1 Å². The van der Waals surface area contributed by atoms with Crippen molar-refractivity contribution >= 4 is 16.7 Å². The summed E-state index contributed by atoms with van der Waals surface area (Å²) in [5, 5.41) is 11.4. The number of benzene rings is 2. The molecule has 0 aromatic heterocycles. The molecule has 0 atom stereocenters. The fourth-order valence-electron chi connectivity index (χ4n) is 4.92. The molecule has 0 radical (unpaired) electrons. The van der Waals surface area contributed by atoms with Gasteiger partial charge in [-0.05, 0) is 93.1 Å². The quantitative estimate of drug-likeness (QED) is 0.635. The molecule has 168 valence electrons. The van der Waals surface area contributed by atoms with Gasteiger partial charge >= 0.3 is 5.97 Å². The van der Waals surface area contributed by atoms with Crippen molar-refractivity contribution in [3.8, 4) is 5.75 Å². The van der Waals surface area contributed by atoms with E-state index in [0.717, 1.165) is 43.1 Å². The second-order valence-corrected chi connectivity index (χ2v) is 9.28. The molecule has 0 spiro atoms. The second-order valence-electron chi connectivity index (χ2n) is 9.28. The number of carboxylic acid groups (broad SMARTS) is 1. The Hall–Kier alpha value is -2.21. The maximum absolute atomic E-state index is 13.5. The summed E-state index contributed by atoms with van der Waals surface area (Å²) >= 11 is 0. The Morgan fingerprint density at radius 3 is 2.32 bits per heavy atom. The lowest BCUT2D eigenvalue weighted by Crippen LogP contribution is -2.35. The van der Waals surface area contributed by atoms with Crippen LogP contribution in [0.3, 0.4) is 0 Å². The van der Waals surface area contributed by atoms with Gasteiger partial charge in [0.2, 0.25) is 5.92 Å². The summed E-state index contributed by atoms with van der Waals surface area (Å²) in [5.74, 6) is -3.22. The molecule has 1 heterocycles. The van der Waals surface area contributed by atoms with Gasteiger partial charge in [0.15, 0.2) is 0 Å². The first-order valence-corrected chi connectivity index (χ1v) is 11.3. The normalized spacial score (nSPS) is 23.7. The Morgan fingerprint density at radius 1 is 1.03 bits per heavy atom. The number of nitrogens with zero attached hydrogens (tertiary/aromatic N) is 1. The number of carbonyl (C=O) groups is 1. The smallest absolute Gasteiger partial charge is 0.306 e. The van der Waals surface area contributed by atoms with E-state index in [2.05, 4.69) is 29.2 Å². The Balaban J connectivity index is 1.34. The Kier molecular flexibility index (Phi) is 6.47. The van der Waals surface area contributed by atoms with E-state index in [1.807, 2.05) is 12.1 Å². The molecule has 0 unspecified atom stereocenters. The van der Waals surface area contributed by atoms with Crippen molar-refractivity contribution in [2.24, 2.45) is 11.8 Å². The van der Waals surface area contributed by atoms with E-state index in [0.29, 0.717) is 38.5 Å². The Bertz CT molecular complexity index is 911. The van der Waals surface area contributed by atoms with Gasteiger partial charge in [0, 0.05) is 12.5 Å². The van der Waals surface area contributed by atoms with Crippen molar-refractivity contribution in [1.29, 1.82) is 0 Å². The van der Waals surface area contributed by atoms with Crippen LogP contribution in [0.15, 0.2) is 36.4 Å². The van der Waals surface area contributed by atoms with E-state index < -0.39 is 17.8 Å². The highest BCUT2D eigenvalue weighted by Gasteiger charge is 2.37. The number of likely N-dealkylation sites (tertiary alicyclic amines) is 1. The summed E-state index contributed by atoms with van der Waals surface area (Å²) in [6, 6.07) is 12.4. The van der Waals surface area contributed by atoms with Gasteiger partial charge in [-0.15, -0.1) is 0 Å². The molecular weight excluding hydrogens is 400 g/mol. The van der Waals surface area contributed by atoms with E-state index in [4.69, 9.17) is 9.84 Å². The van der Waals surface area contributed by atoms with Gasteiger partial charge in [0.05, 0.1) is 12.0 Å². The van der Waals surface area contributed by atoms with Crippen LogP contribution < -0.4 is 4.74 Å². The van der Waals surface area contributed by atoms with Crippen molar-refractivity contribution in [3.63, 3.8) is 0 Å². The van der Waals surface area contributed by atoms with Crippen LogP contribution in [0.1, 0.15) is 51.0 Å². The predicted molar refractivity (Wildman–Crippen MR) is 117 cm³/mol. The zero-order valence-corrected chi connectivity index (χ0v) is 18.0. The maximum Gasteiger partial charge on any atom is 0.306 e. The minimum atomic E-state index is -2.60. The molecular formula is C25H31F2NO3. The van der Waals surface area contributed by atoms with Crippen LogP contribution in [0.2, 0.25) is 0 Å². The molecule has 2 fully saturated rings. The first-order chi connectivity index (χ1) is 14.8. The molecule has 6 heteroatoms. The predicted octanol–water partition coefficient (Wildman–Crippen LogP) is 5.73. The lowest BCUT2D eigenvalue weighted by Gasteiger charge is -2.32. The molecule has 1 aliphatic heterocycles. The number of carboxylic acids is 1. The molecule has 4 nitrogen and oxygen atoms in total. The number of rotatable bonds is 6. The summed E-state index contributed by atoms with van der Waals surface area (Å²) in [6.07, 6.45) is 3.78. The van der Waals surface area contributed by atoms with E-state index in [1.165, 1.54) is 5.56 Å². The zero-order chi connectivity index (χ0) is 22.0. The molecule has 2 aromatic carbocycles. The molecule has 1 N–H and O–H groups in total. The fourth-order valence-corrected chi connectivity index (χ4v) is 4.92. The minimum absolute atomic E-state index is 0.00375. The second kappa shape index (κ2) is 9.11. The van der Waals surface area contributed by atoms with Gasteiger partial charge in [0.1, 0.15) is 5.75 Å². The van der Waals surface area contributed by atoms with E-state index in [1.54, 1.807) is 0 Å². The average Bonchev–Trinajstić information content (AvgIpc) is 2.74. The molecule has 1 aliphatic carbocycles. The van der Waals surface area contributed by atoms with Crippen LogP contribution in [-0.2, 0) is 11.3 Å². The van der Waals surface area contributed by atoms with Gasteiger partial charge in [-0.3, -0.25) is 9.69 Å². The van der Waals surface area contributed by atoms with Crippen LogP contribution in [0.4, 0.5) is 8.78 Å². The number of ether oxygens (including phenoxy) is 1. The number of hydrogen-bond donors (Lipinski definition) is 1. The number of alkyl halides is 2. The highest BCUT2D eigenvalue weighted by atomic mass is 19.3. The van der Waals surface area contributed by atoms with Gasteiger partial charge < -0.3 is 9.84 Å². The van der Waals surface area contributed by atoms with E-state index in [9.17, 15) is 13.6 Å². The standard InChI is InChI=1S/C25H31F2NO3/c1-25(26,27)21-5-8-22(9-6-21)31-23-7-4-19-14-17(2-3-20(19)15-23)16-28-12-10-18(11-13-28)24(29)30/h2-4,7,14-15,18,21-22H,5-6,8-13,16H2,1H3,(H,29,30). The lowest BCUT2D eigenvalue weighted by molar-refractivity contribution is -0.143.